The zero-order chi connectivity index (χ0) is 21.7. The van der Waals surface area contributed by atoms with Gasteiger partial charge in [-0.15, -0.1) is 0 Å². The second-order valence-electron chi connectivity index (χ2n) is 6.43. The van der Waals surface area contributed by atoms with E-state index in [1.807, 2.05) is 0 Å². The Balaban J connectivity index is 1.87. The number of sulfonamides is 1. The van der Waals surface area contributed by atoms with Crippen LogP contribution in [0.5, 0.6) is 0 Å². The van der Waals surface area contributed by atoms with E-state index in [1.165, 1.54) is 0 Å². The van der Waals surface area contributed by atoms with E-state index >= 15 is 0 Å². The summed E-state index contributed by atoms with van der Waals surface area (Å²) in [5.41, 5.74) is 0.361. The third-order valence-electron chi connectivity index (χ3n) is 4.21. The molecule has 0 aliphatic carbocycles. The summed E-state index contributed by atoms with van der Waals surface area (Å²) in [6.07, 6.45) is -0.0318. The monoisotopic (exact) mass is 434 g/mol. The van der Waals surface area contributed by atoms with Crippen LogP contribution in [0.25, 0.3) is 0 Å². The molecule has 0 aromatic heterocycles. The normalized spacial score (nSPS) is 12.4. The second kappa shape index (κ2) is 9.10. The lowest BCUT2D eigenvalue weighted by Gasteiger charge is -2.19. The van der Waals surface area contributed by atoms with Crippen LogP contribution in [0.1, 0.15) is 5.56 Å². The Bertz CT molecular complexity index is 1140. The summed E-state index contributed by atoms with van der Waals surface area (Å²) in [5.74, 6) is -3.26. The Kier molecular flexibility index (Phi) is 6.53. The quantitative estimate of drug-likeness (QED) is 0.596. The zero-order valence-electron chi connectivity index (χ0n) is 15.5. The van der Waals surface area contributed by atoms with Crippen LogP contribution in [-0.4, -0.2) is 20.4 Å². The molecule has 3 aromatic carbocycles. The smallest absolute Gasteiger partial charge is 0.242 e. The summed E-state index contributed by atoms with van der Waals surface area (Å²) >= 11 is 0. The maximum absolute atomic E-state index is 13.9. The van der Waals surface area contributed by atoms with Gasteiger partial charge in [-0.1, -0.05) is 30.3 Å². The van der Waals surface area contributed by atoms with Crippen LogP contribution < -0.4 is 10.0 Å². The summed E-state index contributed by atoms with van der Waals surface area (Å²) in [5, 5.41) is 2.27. The van der Waals surface area contributed by atoms with Crippen molar-refractivity contribution in [2.45, 2.75) is 17.4 Å². The van der Waals surface area contributed by atoms with Gasteiger partial charge in [0, 0.05) is 6.07 Å². The van der Waals surface area contributed by atoms with Crippen LogP contribution in [0.2, 0.25) is 0 Å². The molecule has 1 atom stereocenters. The molecule has 0 aliphatic heterocycles. The molecule has 3 rings (SSSR count). The van der Waals surface area contributed by atoms with Crippen molar-refractivity contribution in [1.82, 2.24) is 4.72 Å². The summed E-state index contributed by atoms with van der Waals surface area (Å²) in [4.78, 5) is 12.5. The number of carbonyl (C=O) groups is 1. The predicted octanol–water partition coefficient (Wildman–Crippen LogP) is 3.63. The summed E-state index contributed by atoms with van der Waals surface area (Å²) < 4.78 is 67.8. The van der Waals surface area contributed by atoms with Crippen LogP contribution in [0.4, 0.5) is 18.9 Å². The molecule has 0 spiro atoms. The average molecular weight is 434 g/mol. The van der Waals surface area contributed by atoms with E-state index in [-0.39, 0.29) is 17.0 Å². The van der Waals surface area contributed by atoms with E-state index in [2.05, 4.69) is 10.0 Å². The van der Waals surface area contributed by atoms with Crippen molar-refractivity contribution in [3.8, 4) is 0 Å². The van der Waals surface area contributed by atoms with Gasteiger partial charge < -0.3 is 5.32 Å². The summed E-state index contributed by atoms with van der Waals surface area (Å²) in [7, 11) is -4.18. The van der Waals surface area contributed by atoms with Gasteiger partial charge in [0.2, 0.25) is 15.9 Å². The fourth-order valence-electron chi connectivity index (χ4n) is 2.72. The van der Waals surface area contributed by atoms with Crippen LogP contribution in [0.15, 0.2) is 77.7 Å². The minimum atomic E-state index is -4.18. The maximum Gasteiger partial charge on any atom is 0.242 e. The molecular formula is C21H17F3N2O3S. The van der Waals surface area contributed by atoms with Gasteiger partial charge in [-0.3, -0.25) is 4.79 Å². The first-order chi connectivity index (χ1) is 14.2. The lowest BCUT2D eigenvalue weighted by Crippen LogP contribution is -2.45. The highest BCUT2D eigenvalue weighted by Crippen LogP contribution is 2.17. The fourth-order valence-corrected chi connectivity index (χ4v) is 3.91. The Labute approximate surface area is 171 Å². The molecule has 0 radical (unpaired) electrons. The van der Waals surface area contributed by atoms with E-state index in [0.29, 0.717) is 11.6 Å². The first kappa shape index (κ1) is 21.5. The summed E-state index contributed by atoms with van der Waals surface area (Å²) in [6, 6.07) is 14.0. The SMILES string of the molecule is O=C(Nc1ccc(F)cc1F)[C@@H](Cc1ccccc1)NS(=O)(=O)c1ccc(F)cc1. The van der Waals surface area contributed by atoms with Gasteiger partial charge in [-0.05, 0) is 48.4 Å². The molecule has 0 bridgehead atoms. The molecular weight excluding hydrogens is 417 g/mol. The minimum absolute atomic E-state index is 0.0318. The van der Waals surface area contributed by atoms with Gasteiger partial charge in [-0.2, -0.15) is 4.72 Å². The highest BCUT2D eigenvalue weighted by Gasteiger charge is 2.27. The highest BCUT2D eigenvalue weighted by atomic mass is 32.2. The summed E-state index contributed by atoms with van der Waals surface area (Å²) in [6.45, 7) is 0. The van der Waals surface area contributed by atoms with Gasteiger partial charge in [-0.25, -0.2) is 21.6 Å². The Morgan fingerprint density at radius 1 is 0.867 bits per heavy atom. The van der Waals surface area contributed by atoms with Crippen molar-refractivity contribution in [1.29, 1.82) is 0 Å². The molecule has 2 N–H and O–H groups in total. The number of halogens is 3. The van der Waals surface area contributed by atoms with E-state index in [0.717, 1.165) is 36.4 Å². The number of hydrogen-bond donors (Lipinski definition) is 2. The number of nitrogens with one attached hydrogen (secondary N) is 2. The van der Waals surface area contributed by atoms with Crippen LogP contribution >= 0.6 is 0 Å². The predicted molar refractivity (Wildman–Crippen MR) is 106 cm³/mol. The molecule has 5 nitrogen and oxygen atoms in total. The van der Waals surface area contributed by atoms with E-state index in [9.17, 15) is 26.4 Å². The van der Waals surface area contributed by atoms with E-state index < -0.39 is 39.4 Å². The Hall–Kier alpha value is -3.17. The number of hydrogen-bond acceptors (Lipinski definition) is 3. The molecule has 30 heavy (non-hydrogen) atoms. The first-order valence-corrected chi connectivity index (χ1v) is 10.3. The molecule has 0 saturated carbocycles. The van der Waals surface area contributed by atoms with Gasteiger partial charge in [0.25, 0.3) is 0 Å². The largest absolute Gasteiger partial charge is 0.322 e. The third-order valence-corrected chi connectivity index (χ3v) is 5.70. The van der Waals surface area contributed by atoms with Crippen molar-refractivity contribution in [3.05, 3.63) is 95.8 Å². The Morgan fingerprint density at radius 3 is 2.13 bits per heavy atom. The van der Waals surface area contributed by atoms with E-state index in [4.69, 9.17) is 0 Å². The molecule has 9 heteroatoms. The van der Waals surface area contributed by atoms with Gasteiger partial charge in [0.15, 0.2) is 0 Å². The van der Waals surface area contributed by atoms with Gasteiger partial charge >= 0.3 is 0 Å². The molecule has 0 unspecified atom stereocenters. The molecule has 3 aromatic rings. The third kappa shape index (κ3) is 5.46. The standard InChI is InChI=1S/C21H17F3N2O3S/c22-15-6-9-17(10-7-15)30(28,29)26-20(12-14-4-2-1-3-5-14)21(27)25-19-11-8-16(23)13-18(19)24/h1-11,13,20,26H,12H2,(H,25,27)/t20-/m1/s1. The maximum atomic E-state index is 13.9. The number of benzene rings is 3. The van der Waals surface area contributed by atoms with Gasteiger partial charge in [0.1, 0.15) is 23.5 Å². The van der Waals surface area contributed by atoms with Crippen molar-refractivity contribution in [3.63, 3.8) is 0 Å². The van der Waals surface area contributed by atoms with Crippen LogP contribution in [-0.2, 0) is 21.2 Å². The molecule has 0 fully saturated rings. The zero-order valence-corrected chi connectivity index (χ0v) is 16.3. The first-order valence-electron chi connectivity index (χ1n) is 8.82. The average Bonchev–Trinajstić information content (AvgIpc) is 2.70. The van der Waals surface area contributed by atoms with E-state index in [1.54, 1.807) is 30.3 Å². The molecule has 1 amide bonds. The highest BCUT2D eigenvalue weighted by molar-refractivity contribution is 7.89. The Morgan fingerprint density at radius 2 is 1.50 bits per heavy atom. The van der Waals surface area contributed by atoms with Crippen molar-refractivity contribution < 1.29 is 26.4 Å². The van der Waals surface area contributed by atoms with Crippen molar-refractivity contribution >= 4 is 21.6 Å². The molecule has 156 valence electrons. The minimum Gasteiger partial charge on any atom is -0.322 e. The van der Waals surface area contributed by atoms with Crippen molar-refractivity contribution in [2.75, 3.05) is 5.32 Å². The number of carbonyl (C=O) groups excluding carboxylic acids is 1. The van der Waals surface area contributed by atoms with Crippen LogP contribution in [0, 0.1) is 17.5 Å². The lowest BCUT2D eigenvalue weighted by atomic mass is 10.1. The molecule has 0 aliphatic rings. The van der Waals surface area contributed by atoms with Crippen molar-refractivity contribution in [2.24, 2.45) is 0 Å². The number of amides is 1. The fraction of sp³-hybridized carbons (Fsp3) is 0.0952. The lowest BCUT2D eigenvalue weighted by molar-refractivity contribution is -0.117. The molecule has 0 heterocycles. The topological polar surface area (TPSA) is 75.3 Å². The second-order valence-corrected chi connectivity index (χ2v) is 8.14. The molecule has 0 saturated heterocycles. The number of rotatable bonds is 7. The van der Waals surface area contributed by atoms with Crippen LogP contribution in [0.3, 0.4) is 0 Å². The van der Waals surface area contributed by atoms with Gasteiger partial charge in [0.05, 0.1) is 10.6 Å². The number of anilines is 1.